The number of halogens is 1. The lowest BCUT2D eigenvalue weighted by Crippen LogP contribution is -2.36. The van der Waals surface area contributed by atoms with Gasteiger partial charge in [0.2, 0.25) is 0 Å². The SMILES string of the molecule is Brc1ccc(N2CCOCC2)c2c1-n1ccc3c1C(=CCC3)C=N2. The summed E-state index contributed by atoms with van der Waals surface area (Å²) in [6, 6.07) is 6.56. The van der Waals surface area contributed by atoms with Crippen LogP contribution in [-0.2, 0) is 11.2 Å². The Balaban J connectivity index is 1.76. The second-order valence-corrected chi connectivity index (χ2v) is 7.23. The zero-order valence-electron chi connectivity index (χ0n) is 13.3. The van der Waals surface area contributed by atoms with Gasteiger partial charge in [-0.05, 0) is 52.5 Å². The smallest absolute Gasteiger partial charge is 0.111 e. The van der Waals surface area contributed by atoms with Crippen LogP contribution in [0.2, 0.25) is 0 Å². The van der Waals surface area contributed by atoms with Crippen molar-refractivity contribution in [3.63, 3.8) is 0 Å². The van der Waals surface area contributed by atoms with Gasteiger partial charge < -0.3 is 14.2 Å². The topological polar surface area (TPSA) is 29.8 Å². The highest BCUT2D eigenvalue weighted by molar-refractivity contribution is 9.10. The molecule has 0 saturated carbocycles. The van der Waals surface area contributed by atoms with E-state index in [-0.39, 0.29) is 0 Å². The quantitative estimate of drug-likeness (QED) is 0.740. The standard InChI is InChI=1S/C19H18BrN3O/c20-15-4-5-16(22-8-10-24-11-9-22)17-19(15)23-7-6-13-2-1-3-14(12-21-17)18(13)23/h3-7,12H,1-2,8-11H2. The van der Waals surface area contributed by atoms with E-state index in [1.807, 2.05) is 6.21 Å². The van der Waals surface area contributed by atoms with E-state index < -0.39 is 0 Å². The Morgan fingerprint density at radius 3 is 2.88 bits per heavy atom. The van der Waals surface area contributed by atoms with Gasteiger partial charge in [0.05, 0.1) is 30.3 Å². The van der Waals surface area contributed by atoms with Crippen LogP contribution in [0.1, 0.15) is 17.7 Å². The molecule has 3 aliphatic rings. The van der Waals surface area contributed by atoms with Crippen LogP contribution in [0.5, 0.6) is 0 Å². The first-order chi connectivity index (χ1) is 11.8. The zero-order valence-corrected chi connectivity index (χ0v) is 14.9. The Morgan fingerprint density at radius 2 is 2.00 bits per heavy atom. The third-order valence-electron chi connectivity index (χ3n) is 5.03. The number of hydrogen-bond donors (Lipinski definition) is 0. The Morgan fingerprint density at radius 1 is 1.12 bits per heavy atom. The van der Waals surface area contributed by atoms with Crippen molar-refractivity contribution in [2.45, 2.75) is 12.8 Å². The van der Waals surface area contributed by atoms with E-state index in [9.17, 15) is 0 Å². The van der Waals surface area contributed by atoms with Crippen LogP contribution in [0.15, 0.2) is 39.9 Å². The summed E-state index contributed by atoms with van der Waals surface area (Å²) in [5.41, 5.74) is 7.31. The van der Waals surface area contributed by atoms with Crippen LogP contribution in [0.4, 0.5) is 11.4 Å². The molecule has 0 radical (unpaired) electrons. The highest BCUT2D eigenvalue weighted by Gasteiger charge is 2.25. The molecule has 1 saturated heterocycles. The van der Waals surface area contributed by atoms with E-state index in [2.05, 4.69) is 55.9 Å². The van der Waals surface area contributed by atoms with Gasteiger partial charge in [-0.25, -0.2) is 0 Å². The van der Waals surface area contributed by atoms with E-state index in [1.54, 1.807) is 0 Å². The van der Waals surface area contributed by atoms with Gasteiger partial charge in [-0.3, -0.25) is 4.99 Å². The molecule has 0 bridgehead atoms. The van der Waals surface area contributed by atoms with E-state index in [1.165, 1.54) is 22.5 Å². The largest absolute Gasteiger partial charge is 0.378 e. The van der Waals surface area contributed by atoms with Gasteiger partial charge in [-0.2, -0.15) is 0 Å². The van der Waals surface area contributed by atoms with Crippen LogP contribution in [-0.4, -0.2) is 37.1 Å². The molecule has 122 valence electrons. The molecule has 0 unspecified atom stereocenters. The molecule has 5 heteroatoms. The predicted octanol–water partition coefficient (Wildman–Crippen LogP) is 4.12. The number of rotatable bonds is 1. The summed E-state index contributed by atoms with van der Waals surface area (Å²) in [6.45, 7) is 3.38. The van der Waals surface area contributed by atoms with Crippen LogP contribution in [0.3, 0.4) is 0 Å². The van der Waals surface area contributed by atoms with E-state index in [0.29, 0.717) is 0 Å². The van der Waals surface area contributed by atoms with Crippen molar-refractivity contribution in [1.29, 1.82) is 0 Å². The molecule has 0 atom stereocenters. The van der Waals surface area contributed by atoms with Gasteiger partial charge in [0, 0.05) is 35.5 Å². The van der Waals surface area contributed by atoms with Crippen molar-refractivity contribution in [3.8, 4) is 5.69 Å². The molecule has 2 aliphatic heterocycles. The Kier molecular flexibility index (Phi) is 3.38. The Hall–Kier alpha value is -1.85. The maximum absolute atomic E-state index is 5.51. The number of morpholine rings is 1. The lowest BCUT2D eigenvalue weighted by Gasteiger charge is -2.30. The molecule has 24 heavy (non-hydrogen) atoms. The molecule has 0 spiro atoms. The summed E-state index contributed by atoms with van der Waals surface area (Å²) in [5, 5.41) is 0. The van der Waals surface area contributed by atoms with Crippen molar-refractivity contribution < 1.29 is 4.74 Å². The minimum atomic E-state index is 0.776. The van der Waals surface area contributed by atoms with E-state index in [0.717, 1.165) is 55.0 Å². The summed E-state index contributed by atoms with van der Waals surface area (Å²) in [7, 11) is 0. The molecule has 1 fully saturated rings. The van der Waals surface area contributed by atoms with Gasteiger partial charge in [0.25, 0.3) is 0 Å². The first-order valence-corrected chi connectivity index (χ1v) is 9.22. The number of anilines is 1. The summed E-state index contributed by atoms with van der Waals surface area (Å²) >= 11 is 3.76. The number of fused-ring (bicyclic) bond motifs is 2. The van der Waals surface area contributed by atoms with Gasteiger partial charge in [0.15, 0.2) is 0 Å². The summed E-state index contributed by atoms with van der Waals surface area (Å²) in [6.07, 6.45) is 8.72. The van der Waals surface area contributed by atoms with Crippen molar-refractivity contribution >= 4 is 39.1 Å². The van der Waals surface area contributed by atoms with Gasteiger partial charge >= 0.3 is 0 Å². The highest BCUT2D eigenvalue weighted by atomic mass is 79.9. The monoisotopic (exact) mass is 383 g/mol. The summed E-state index contributed by atoms with van der Waals surface area (Å²) in [4.78, 5) is 7.29. The number of allylic oxidation sites excluding steroid dienone is 2. The Bertz CT molecular complexity index is 875. The molecule has 0 N–H and O–H groups in total. The fourth-order valence-corrected chi connectivity index (χ4v) is 4.38. The van der Waals surface area contributed by atoms with Crippen LogP contribution in [0, 0.1) is 0 Å². The van der Waals surface area contributed by atoms with Crippen molar-refractivity contribution in [3.05, 3.63) is 46.2 Å². The van der Waals surface area contributed by atoms with Crippen molar-refractivity contribution in [2.75, 3.05) is 31.2 Å². The fraction of sp³-hybridized carbons (Fsp3) is 0.316. The molecule has 2 aromatic rings. The molecule has 1 aromatic carbocycles. The van der Waals surface area contributed by atoms with Crippen LogP contribution >= 0.6 is 15.9 Å². The number of ether oxygens (including phenoxy) is 1. The highest BCUT2D eigenvalue weighted by Crippen LogP contribution is 2.44. The molecule has 1 aromatic heterocycles. The van der Waals surface area contributed by atoms with Gasteiger partial charge in [-0.15, -0.1) is 0 Å². The number of aliphatic imine (C=N–C) groups is 1. The average molecular weight is 384 g/mol. The normalized spacial score (nSPS) is 18.7. The maximum Gasteiger partial charge on any atom is 0.111 e. The molecular weight excluding hydrogens is 366 g/mol. The molecular formula is C19H18BrN3O. The lowest BCUT2D eigenvalue weighted by atomic mass is 9.98. The summed E-state index contributed by atoms with van der Waals surface area (Å²) < 4.78 is 8.90. The number of benzene rings is 1. The minimum Gasteiger partial charge on any atom is -0.378 e. The van der Waals surface area contributed by atoms with Crippen molar-refractivity contribution in [1.82, 2.24) is 4.57 Å². The number of hydrogen-bond acceptors (Lipinski definition) is 3. The number of aromatic nitrogens is 1. The predicted molar refractivity (Wildman–Crippen MR) is 101 cm³/mol. The Labute approximate surface area is 149 Å². The zero-order chi connectivity index (χ0) is 16.1. The molecule has 3 heterocycles. The number of aryl methyl sites for hydroxylation is 1. The first kappa shape index (κ1) is 14.5. The van der Waals surface area contributed by atoms with Gasteiger partial charge in [-0.1, -0.05) is 6.08 Å². The molecule has 1 aliphatic carbocycles. The molecule has 5 rings (SSSR count). The fourth-order valence-electron chi connectivity index (χ4n) is 3.87. The van der Waals surface area contributed by atoms with E-state index >= 15 is 0 Å². The second kappa shape index (κ2) is 5.60. The number of nitrogens with zero attached hydrogens (tertiary/aromatic N) is 3. The third-order valence-corrected chi connectivity index (χ3v) is 5.67. The van der Waals surface area contributed by atoms with Crippen LogP contribution < -0.4 is 4.90 Å². The third kappa shape index (κ3) is 2.11. The summed E-state index contributed by atoms with van der Waals surface area (Å²) in [5.74, 6) is 0. The van der Waals surface area contributed by atoms with E-state index in [4.69, 9.17) is 9.73 Å². The minimum absolute atomic E-state index is 0.776. The van der Waals surface area contributed by atoms with Crippen LogP contribution in [0.25, 0.3) is 11.3 Å². The second-order valence-electron chi connectivity index (χ2n) is 6.38. The molecule has 0 amide bonds. The molecule has 4 nitrogen and oxygen atoms in total. The van der Waals surface area contributed by atoms with Crippen molar-refractivity contribution in [2.24, 2.45) is 4.99 Å². The lowest BCUT2D eigenvalue weighted by molar-refractivity contribution is 0.123. The maximum atomic E-state index is 5.51. The first-order valence-electron chi connectivity index (χ1n) is 8.43. The average Bonchev–Trinajstić information content (AvgIpc) is 2.96. The van der Waals surface area contributed by atoms with Gasteiger partial charge in [0.1, 0.15) is 5.69 Å².